The maximum Gasteiger partial charge on any atom is 0.269 e. The summed E-state index contributed by atoms with van der Waals surface area (Å²) in [5, 5.41) is 10.7. The van der Waals surface area contributed by atoms with Gasteiger partial charge in [-0.25, -0.2) is 0 Å². The average Bonchev–Trinajstić information content (AvgIpc) is 2.53. The largest absolute Gasteiger partial charge is 0.343 e. The molecule has 0 bridgehead atoms. The Balaban J connectivity index is 0.00000264. The number of aryl methyl sites for hydroxylation is 1. The molecule has 0 aromatic heterocycles. The lowest BCUT2D eigenvalue weighted by atomic mass is 9.91. The summed E-state index contributed by atoms with van der Waals surface area (Å²) in [5.41, 5.74) is 6.80. The van der Waals surface area contributed by atoms with E-state index in [1.54, 1.807) is 6.07 Å². The van der Waals surface area contributed by atoms with Crippen LogP contribution in [-0.2, 0) is 11.2 Å². The molecule has 1 atom stereocenters. The lowest BCUT2D eigenvalue weighted by Crippen LogP contribution is -2.42. The Hall–Kier alpha value is -1.66. The highest BCUT2D eigenvalue weighted by atomic mass is 35.5. The van der Waals surface area contributed by atoms with E-state index in [1.807, 2.05) is 17.9 Å². The fraction of sp³-hybridized carbons (Fsp3) is 0.562. The van der Waals surface area contributed by atoms with Crippen LogP contribution in [0.3, 0.4) is 0 Å². The van der Waals surface area contributed by atoms with Crippen LogP contribution in [0.2, 0.25) is 0 Å². The van der Waals surface area contributed by atoms with E-state index in [0.29, 0.717) is 18.8 Å². The first-order valence-corrected chi connectivity index (χ1v) is 7.74. The van der Waals surface area contributed by atoms with Gasteiger partial charge in [-0.05, 0) is 37.7 Å². The van der Waals surface area contributed by atoms with Crippen molar-refractivity contribution in [2.75, 3.05) is 13.1 Å². The third-order valence-electron chi connectivity index (χ3n) is 4.38. The maximum absolute atomic E-state index is 12.2. The number of hydrogen-bond donors (Lipinski definition) is 1. The summed E-state index contributed by atoms with van der Waals surface area (Å²) in [6.07, 6.45) is 2.85. The number of halogens is 1. The number of likely N-dealkylation sites (tertiary alicyclic amines) is 1. The molecule has 1 unspecified atom stereocenters. The molecule has 1 amide bonds. The third kappa shape index (κ3) is 5.48. The highest BCUT2D eigenvalue weighted by Crippen LogP contribution is 2.21. The van der Waals surface area contributed by atoms with Gasteiger partial charge in [0.15, 0.2) is 0 Å². The Morgan fingerprint density at radius 3 is 2.65 bits per heavy atom. The Morgan fingerprint density at radius 2 is 2.09 bits per heavy atom. The Bertz CT molecular complexity index is 543. The van der Waals surface area contributed by atoms with Gasteiger partial charge in [-0.1, -0.05) is 12.1 Å². The molecule has 2 rings (SSSR count). The van der Waals surface area contributed by atoms with Crippen LogP contribution in [0.1, 0.15) is 31.7 Å². The van der Waals surface area contributed by atoms with Crippen molar-refractivity contribution < 1.29 is 9.72 Å². The summed E-state index contributed by atoms with van der Waals surface area (Å²) >= 11 is 0. The highest BCUT2D eigenvalue weighted by molar-refractivity contribution is 5.85. The van der Waals surface area contributed by atoms with Crippen LogP contribution in [0.25, 0.3) is 0 Å². The third-order valence-corrected chi connectivity index (χ3v) is 4.38. The zero-order chi connectivity index (χ0) is 16.1. The molecule has 1 aromatic rings. The molecule has 1 aliphatic heterocycles. The lowest BCUT2D eigenvalue weighted by molar-refractivity contribution is -0.384. The summed E-state index contributed by atoms with van der Waals surface area (Å²) in [5.74, 6) is 0.621. The van der Waals surface area contributed by atoms with Crippen LogP contribution < -0.4 is 5.73 Å². The van der Waals surface area contributed by atoms with Gasteiger partial charge >= 0.3 is 0 Å². The van der Waals surface area contributed by atoms with Crippen molar-refractivity contribution in [3.63, 3.8) is 0 Å². The molecule has 1 aromatic carbocycles. The monoisotopic (exact) mass is 341 g/mol. The van der Waals surface area contributed by atoms with Crippen LogP contribution in [0, 0.1) is 16.0 Å². The Labute approximate surface area is 142 Å². The predicted octanol–water partition coefficient (Wildman–Crippen LogP) is 2.54. The minimum Gasteiger partial charge on any atom is -0.343 e. The van der Waals surface area contributed by atoms with Crippen molar-refractivity contribution >= 4 is 24.0 Å². The lowest BCUT2D eigenvalue weighted by Gasteiger charge is -2.33. The molecule has 1 fully saturated rings. The van der Waals surface area contributed by atoms with E-state index >= 15 is 0 Å². The number of nitrogens with zero attached hydrogens (tertiary/aromatic N) is 2. The van der Waals surface area contributed by atoms with Crippen molar-refractivity contribution in [3.8, 4) is 0 Å². The molecule has 23 heavy (non-hydrogen) atoms. The highest BCUT2D eigenvalue weighted by Gasteiger charge is 2.24. The van der Waals surface area contributed by atoms with Gasteiger partial charge in [-0.15, -0.1) is 12.4 Å². The molecule has 128 valence electrons. The Morgan fingerprint density at radius 1 is 1.43 bits per heavy atom. The first kappa shape index (κ1) is 19.4. The van der Waals surface area contributed by atoms with Crippen molar-refractivity contribution in [1.29, 1.82) is 0 Å². The van der Waals surface area contributed by atoms with Gasteiger partial charge in [0.1, 0.15) is 0 Å². The normalized spacial score (nSPS) is 16.5. The minimum atomic E-state index is -0.413. The van der Waals surface area contributed by atoms with Gasteiger partial charge in [-0.2, -0.15) is 0 Å². The second kappa shape index (κ2) is 8.84. The number of nitro groups is 1. The molecule has 2 N–H and O–H groups in total. The summed E-state index contributed by atoms with van der Waals surface area (Å²) in [6, 6.07) is 6.66. The maximum atomic E-state index is 12.2. The first-order chi connectivity index (χ1) is 10.5. The van der Waals surface area contributed by atoms with E-state index in [0.717, 1.165) is 31.5 Å². The molecule has 7 heteroatoms. The van der Waals surface area contributed by atoms with E-state index in [1.165, 1.54) is 12.1 Å². The van der Waals surface area contributed by atoms with Crippen molar-refractivity contribution in [2.45, 2.75) is 38.6 Å². The number of nitro benzene ring substituents is 1. The summed E-state index contributed by atoms with van der Waals surface area (Å²) in [4.78, 5) is 24.4. The number of carbonyl (C=O) groups is 1. The zero-order valence-electron chi connectivity index (χ0n) is 13.3. The summed E-state index contributed by atoms with van der Waals surface area (Å²) in [7, 11) is 0. The van der Waals surface area contributed by atoms with Gasteiger partial charge in [-0.3, -0.25) is 14.9 Å². The first-order valence-electron chi connectivity index (χ1n) is 7.74. The molecular weight excluding hydrogens is 318 g/mol. The predicted molar refractivity (Wildman–Crippen MR) is 91.6 cm³/mol. The van der Waals surface area contributed by atoms with Gasteiger partial charge in [0.2, 0.25) is 5.91 Å². The Kier molecular flexibility index (Phi) is 7.45. The molecule has 1 saturated heterocycles. The van der Waals surface area contributed by atoms with E-state index in [9.17, 15) is 14.9 Å². The number of piperidine rings is 1. The van der Waals surface area contributed by atoms with Crippen molar-refractivity contribution in [1.82, 2.24) is 4.90 Å². The molecule has 1 aliphatic rings. The number of rotatable bonds is 5. The standard InChI is InChI=1S/C16H23N3O3.ClH/c1-12(17)14-7-9-18(10-8-14)16(20)6-5-13-3-2-4-15(11-13)19(21)22;/h2-4,11-12,14H,5-10,17H2,1H3;1H. The molecule has 6 nitrogen and oxygen atoms in total. The average molecular weight is 342 g/mol. The molecule has 0 aliphatic carbocycles. The molecular formula is C16H24ClN3O3. The fourth-order valence-electron chi connectivity index (χ4n) is 2.91. The number of amides is 1. The second-order valence-electron chi connectivity index (χ2n) is 6.00. The van der Waals surface area contributed by atoms with Gasteiger partial charge in [0.05, 0.1) is 4.92 Å². The number of hydrogen-bond acceptors (Lipinski definition) is 4. The number of carbonyl (C=O) groups excluding carboxylic acids is 1. The van der Waals surface area contributed by atoms with Crippen LogP contribution >= 0.6 is 12.4 Å². The zero-order valence-corrected chi connectivity index (χ0v) is 14.1. The van der Waals surface area contributed by atoms with Gasteiger partial charge < -0.3 is 10.6 Å². The molecule has 0 saturated carbocycles. The molecule has 0 spiro atoms. The fourth-order valence-corrected chi connectivity index (χ4v) is 2.91. The second-order valence-corrected chi connectivity index (χ2v) is 6.00. The van der Waals surface area contributed by atoms with E-state index in [-0.39, 0.29) is 30.0 Å². The quantitative estimate of drug-likeness (QED) is 0.658. The SMILES string of the molecule is CC(N)C1CCN(C(=O)CCc2cccc([N+](=O)[O-])c2)CC1.Cl. The number of nitrogens with two attached hydrogens (primary N) is 1. The van der Waals surface area contributed by atoms with E-state index in [2.05, 4.69) is 0 Å². The van der Waals surface area contributed by atoms with Gasteiger partial charge in [0, 0.05) is 37.7 Å². The van der Waals surface area contributed by atoms with Crippen LogP contribution in [0.5, 0.6) is 0 Å². The minimum absolute atomic E-state index is 0. The van der Waals surface area contributed by atoms with Crippen LogP contribution in [0.4, 0.5) is 5.69 Å². The topological polar surface area (TPSA) is 89.5 Å². The number of non-ortho nitro benzene ring substituents is 1. The van der Waals surface area contributed by atoms with E-state index < -0.39 is 4.92 Å². The summed E-state index contributed by atoms with van der Waals surface area (Å²) in [6.45, 7) is 3.55. The van der Waals surface area contributed by atoms with Crippen molar-refractivity contribution in [3.05, 3.63) is 39.9 Å². The molecule has 1 heterocycles. The van der Waals surface area contributed by atoms with Crippen LogP contribution in [-0.4, -0.2) is 34.9 Å². The smallest absolute Gasteiger partial charge is 0.269 e. The van der Waals surface area contributed by atoms with Gasteiger partial charge in [0.25, 0.3) is 5.69 Å². The van der Waals surface area contributed by atoms with Crippen LogP contribution in [0.15, 0.2) is 24.3 Å². The number of benzene rings is 1. The van der Waals surface area contributed by atoms with Crippen molar-refractivity contribution in [2.24, 2.45) is 11.7 Å². The molecule has 0 radical (unpaired) electrons. The summed E-state index contributed by atoms with van der Waals surface area (Å²) < 4.78 is 0. The van der Waals surface area contributed by atoms with E-state index in [4.69, 9.17) is 5.73 Å².